The van der Waals surface area contributed by atoms with Crippen LogP contribution in [0.4, 0.5) is 10.1 Å². The molecule has 1 aromatic carbocycles. The number of benzene rings is 1. The molecule has 0 bridgehead atoms. The van der Waals surface area contributed by atoms with Crippen LogP contribution in [0.2, 0.25) is 0 Å². The van der Waals surface area contributed by atoms with Crippen molar-refractivity contribution in [2.45, 2.75) is 17.2 Å². The van der Waals surface area contributed by atoms with Crippen LogP contribution in [0.1, 0.15) is 22.5 Å². The van der Waals surface area contributed by atoms with Gasteiger partial charge in [0.1, 0.15) is 22.3 Å². The van der Waals surface area contributed by atoms with Crippen molar-refractivity contribution in [2.75, 3.05) is 32.7 Å². The molecule has 2 aromatic rings. The summed E-state index contributed by atoms with van der Waals surface area (Å²) in [7, 11) is -1.18. The Labute approximate surface area is 183 Å². The lowest BCUT2D eigenvalue weighted by atomic mass is 9.84. The van der Waals surface area contributed by atoms with Gasteiger partial charge in [0.2, 0.25) is 21.9 Å². The van der Waals surface area contributed by atoms with Crippen LogP contribution < -0.4 is 15.8 Å². The normalized spacial score (nSPS) is 24.3. The van der Waals surface area contributed by atoms with Crippen LogP contribution in [0.5, 0.6) is 5.88 Å². The molecule has 11 nitrogen and oxygen atoms in total. The molecule has 0 saturated carbocycles. The Morgan fingerprint density at radius 2 is 2.16 bits per heavy atom. The SMILES string of the molecule is COc1cnc(C(=O)Nc2ccc(F)c(C34COCCC3S(=O)(=O)N(C)C(N)=N4)c2)cn1. The maximum atomic E-state index is 15.0. The first-order valence-electron chi connectivity index (χ1n) is 9.57. The number of halogens is 1. The molecule has 3 heterocycles. The first-order chi connectivity index (χ1) is 15.2. The maximum absolute atomic E-state index is 15.0. The van der Waals surface area contributed by atoms with Crippen molar-refractivity contribution >= 4 is 27.6 Å². The molecule has 0 aliphatic carbocycles. The molecule has 4 rings (SSSR count). The van der Waals surface area contributed by atoms with Crippen molar-refractivity contribution in [1.29, 1.82) is 0 Å². The summed E-state index contributed by atoms with van der Waals surface area (Å²) >= 11 is 0. The van der Waals surface area contributed by atoms with E-state index in [-0.39, 0.29) is 48.4 Å². The van der Waals surface area contributed by atoms with E-state index in [1.165, 1.54) is 38.7 Å². The molecule has 170 valence electrons. The van der Waals surface area contributed by atoms with Crippen LogP contribution in [0, 0.1) is 5.82 Å². The lowest BCUT2D eigenvalue weighted by molar-refractivity contribution is 0.0361. The van der Waals surface area contributed by atoms with Crippen molar-refractivity contribution in [3.05, 3.63) is 47.7 Å². The fraction of sp³-hybridized carbons (Fsp3) is 0.368. The van der Waals surface area contributed by atoms with Gasteiger partial charge in [-0.25, -0.2) is 32.1 Å². The molecule has 3 N–H and O–H groups in total. The second-order valence-corrected chi connectivity index (χ2v) is 9.48. The number of carbonyl (C=O) groups excluding carboxylic acids is 1. The molecule has 2 unspecified atom stereocenters. The highest BCUT2D eigenvalue weighted by atomic mass is 32.2. The quantitative estimate of drug-likeness (QED) is 0.662. The summed E-state index contributed by atoms with van der Waals surface area (Å²) in [5.41, 5.74) is 4.48. The maximum Gasteiger partial charge on any atom is 0.275 e. The van der Waals surface area contributed by atoms with Crippen molar-refractivity contribution in [1.82, 2.24) is 14.3 Å². The smallest absolute Gasteiger partial charge is 0.275 e. The number of aliphatic imine (C=N–C) groups is 1. The Bertz CT molecular complexity index is 1190. The van der Waals surface area contributed by atoms with E-state index in [9.17, 15) is 13.2 Å². The van der Waals surface area contributed by atoms with E-state index in [0.29, 0.717) is 0 Å². The van der Waals surface area contributed by atoms with Gasteiger partial charge in [-0.3, -0.25) is 4.79 Å². The van der Waals surface area contributed by atoms with E-state index < -0.39 is 32.5 Å². The standard InChI is InChI=1S/C19H21FN6O5S/c1-26-18(21)25-19(10-31-6-5-15(19)32(26,28)29)12-7-11(3-4-13(12)20)24-17(27)14-8-23-16(30-2)9-22-14/h3-4,7-9,15H,5-6,10H2,1-2H3,(H2,21,25)(H,24,27). The number of aromatic nitrogens is 2. The van der Waals surface area contributed by atoms with Gasteiger partial charge in [0.05, 0.1) is 26.1 Å². The van der Waals surface area contributed by atoms with E-state index in [4.69, 9.17) is 15.2 Å². The van der Waals surface area contributed by atoms with Crippen LogP contribution in [0.3, 0.4) is 0 Å². The summed E-state index contributed by atoms with van der Waals surface area (Å²) in [6.07, 6.45) is 2.63. The fourth-order valence-electron chi connectivity index (χ4n) is 3.83. The van der Waals surface area contributed by atoms with E-state index in [0.717, 1.165) is 10.4 Å². The van der Waals surface area contributed by atoms with E-state index in [2.05, 4.69) is 20.3 Å². The number of anilines is 1. The Balaban J connectivity index is 1.74. The molecule has 1 amide bonds. The summed E-state index contributed by atoms with van der Waals surface area (Å²) in [6.45, 7) is 0.00675. The van der Waals surface area contributed by atoms with Crippen molar-refractivity contribution in [3.63, 3.8) is 0 Å². The molecule has 0 spiro atoms. The topological polar surface area (TPSA) is 149 Å². The number of guanidine groups is 1. The third-order valence-corrected chi connectivity index (χ3v) is 7.81. The van der Waals surface area contributed by atoms with Gasteiger partial charge < -0.3 is 20.5 Å². The zero-order chi connectivity index (χ0) is 23.1. The predicted molar refractivity (Wildman–Crippen MR) is 112 cm³/mol. The molecular weight excluding hydrogens is 443 g/mol. The number of amides is 1. The first kappa shape index (κ1) is 21.9. The molecule has 32 heavy (non-hydrogen) atoms. The Morgan fingerprint density at radius 3 is 2.84 bits per heavy atom. The van der Waals surface area contributed by atoms with Crippen LogP contribution in [-0.2, 0) is 20.3 Å². The number of methoxy groups -OCH3 is 1. The average molecular weight is 464 g/mol. The van der Waals surface area contributed by atoms with Crippen LogP contribution in [-0.4, -0.2) is 67.2 Å². The van der Waals surface area contributed by atoms with Crippen molar-refractivity contribution < 1.29 is 27.1 Å². The van der Waals surface area contributed by atoms with Gasteiger partial charge in [-0.15, -0.1) is 0 Å². The van der Waals surface area contributed by atoms with Gasteiger partial charge in [0.25, 0.3) is 5.91 Å². The van der Waals surface area contributed by atoms with Crippen LogP contribution >= 0.6 is 0 Å². The highest BCUT2D eigenvalue weighted by Gasteiger charge is 2.56. The van der Waals surface area contributed by atoms with Crippen LogP contribution in [0.15, 0.2) is 35.6 Å². The summed E-state index contributed by atoms with van der Waals surface area (Å²) in [4.78, 5) is 24.8. The lowest BCUT2D eigenvalue weighted by Crippen LogP contribution is -2.61. The number of ether oxygens (including phenoxy) is 2. The second kappa shape index (κ2) is 7.98. The molecular formula is C19H21FN6O5S. The minimum absolute atomic E-state index is 0.0119. The highest BCUT2D eigenvalue weighted by Crippen LogP contribution is 2.44. The molecule has 0 radical (unpaired) electrons. The zero-order valence-corrected chi connectivity index (χ0v) is 18.1. The summed E-state index contributed by atoms with van der Waals surface area (Å²) in [5.74, 6) is -1.31. The van der Waals surface area contributed by atoms with Gasteiger partial charge in [0, 0.05) is 24.9 Å². The number of hydrogen-bond acceptors (Lipinski definition) is 9. The second-order valence-electron chi connectivity index (χ2n) is 7.33. The number of nitrogens with one attached hydrogen (secondary N) is 1. The summed E-state index contributed by atoms with van der Waals surface area (Å²) < 4.78 is 52.4. The largest absolute Gasteiger partial charge is 0.480 e. The molecule has 13 heteroatoms. The predicted octanol–water partition coefficient (Wildman–Crippen LogP) is 0.451. The lowest BCUT2D eigenvalue weighted by Gasteiger charge is -2.45. The Kier molecular flexibility index (Phi) is 5.46. The monoisotopic (exact) mass is 464 g/mol. The van der Waals surface area contributed by atoms with E-state index in [1.54, 1.807) is 0 Å². The number of hydrogen-bond donors (Lipinski definition) is 2. The Morgan fingerprint density at radius 1 is 1.38 bits per heavy atom. The summed E-state index contributed by atoms with van der Waals surface area (Å²) in [5, 5.41) is 1.53. The number of nitrogens with zero attached hydrogens (tertiary/aromatic N) is 4. The fourth-order valence-corrected chi connectivity index (χ4v) is 5.64. The minimum atomic E-state index is -3.91. The zero-order valence-electron chi connectivity index (χ0n) is 17.3. The van der Waals surface area contributed by atoms with E-state index in [1.807, 2.05) is 0 Å². The Hall–Kier alpha value is -3.32. The number of rotatable bonds is 4. The van der Waals surface area contributed by atoms with Crippen LogP contribution in [0.25, 0.3) is 0 Å². The molecule has 1 saturated heterocycles. The van der Waals surface area contributed by atoms with Gasteiger partial charge in [-0.05, 0) is 24.6 Å². The molecule has 2 aliphatic rings. The number of sulfonamides is 1. The van der Waals surface area contributed by atoms with Gasteiger partial charge in [0.15, 0.2) is 0 Å². The van der Waals surface area contributed by atoms with Gasteiger partial charge in [-0.2, -0.15) is 0 Å². The summed E-state index contributed by atoms with van der Waals surface area (Å²) in [6, 6.07) is 3.81. The van der Waals surface area contributed by atoms with Crippen molar-refractivity contribution in [2.24, 2.45) is 10.7 Å². The molecule has 1 aromatic heterocycles. The number of nitrogens with two attached hydrogens (primary N) is 1. The third kappa shape index (κ3) is 3.52. The molecule has 2 aliphatic heterocycles. The van der Waals surface area contributed by atoms with Gasteiger partial charge >= 0.3 is 0 Å². The van der Waals surface area contributed by atoms with Gasteiger partial charge in [-0.1, -0.05) is 0 Å². The molecule has 1 fully saturated rings. The first-order valence-corrected chi connectivity index (χ1v) is 11.1. The average Bonchev–Trinajstić information content (AvgIpc) is 2.79. The molecule has 2 atom stereocenters. The number of carbonyl (C=O) groups is 1. The van der Waals surface area contributed by atoms with E-state index >= 15 is 4.39 Å². The third-order valence-electron chi connectivity index (χ3n) is 5.52. The van der Waals surface area contributed by atoms with Crippen molar-refractivity contribution in [3.8, 4) is 5.88 Å². The minimum Gasteiger partial charge on any atom is -0.480 e. The number of fused-ring (bicyclic) bond motifs is 1. The highest BCUT2D eigenvalue weighted by molar-refractivity contribution is 7.90.